The number of carbonyl (C=O) groups excluding carboxylic acids is 2. The van der Waals surface area contributed by atoms with Crippen LogP contribution in [-0.2, 0) is 4.79 Å². The number of thiazole rings is 1. The number of benzene rings is 1. The van der Waals surface area contributed by atoms with E-state index >= 15 is 0 Å². The first kappa shape index (κ1) is 27.7. The first-order valence-corrected chi connectivity index (χ1v) is 13.4. The molecule has 1 aromatic heterocycles. The van der Waals surface area contributed by atoms with Gasteiger partial charge in [-0.3, -0.25) is 9.59 Å². The predicted molar refractivity (Wildman–Crippen MR) is 141 cm³/mol. The van der Waals surface area contributed by atoms with E-state index in [0.717, 1.165) is 24.6 Å². The number of aliphatic hydroxyl groups excluding tert-OH is 1. The van der Waals surface area contributed by atoms with E-state index in [0.29, 0.717) is 53.8 Å². The van der Waals surface area contributed by atoms with Crippen LogP contribution in [0.1, 0.15) is 66.1 Å². The molecule has 0 saturated carbocycles. The fourth-order valence-corrected chi connectivity index (χ4v) is 5.44. The minimum atomic E-state index is -0.738. The van der Waals surface area contributed by atoms with Crippen molar-refractivity contribution in [3.8, 4) is 11.5 Å². The summed E-state index contributed by atoms with van der Waals surface area (Å²) in [7, 11) is 0. The van der Waals surface area contributed by atoms with E-state index in [4.69, 9.17) is 9.47 Å². The molecule has 1 aliphatic heterocycles. The van der Waals surface area contributed by atoms with Crippen molar-refractivity contribution >= 4 is 23.0 Å². The number of aromatic nitrogens is 1. The molecule has 1 atom stereocenters. The van der Waals surface area contributed by atoms with Gasteiger partial charge in [-0.25, -0.2) is 4.98 Å². The van der Waals surface area contributed by atoms with E-state index in [2.05, 4.69) is 23.7 Å². The summed E-state index contributed by atoms with van der Waals surface area (Å²) in [6, 6.07) is 4.69. The fourth-order valence-electron chi connectivity index (χ4n) is 4.57. The summed E-state index contributed by atoms with van der Waals surface area (Å²) in [6.07, 6.45) is 0.715. The van der Waals surface area contributed by atoms with E-state index in [9.17, 15) is 14.7 Å². The monoisotopic (exact) mass is 515 g/mol. The number of hydrogen-bond acceptors (Lipinski definition) is 8. The Labute approximate surface area is 217 Å². The molecule has 3 rings (SSSR count). The van der Waals surface area contributed by atoms with Crippen LogP contribution >= 0.6 is 11.3 Å². The van der Waals surface area contributed by atoms with E-state index in [1.165, 1.54) is 11.3 Å². The second-order valence-electron chi connectivity index (χ2n) is 8.59. The van der Waals surface area contributed by atoms with Crippen molar-refractivity contribution in [3.63, 3.8) is 0 Å². The summed E-state index contributed by atoms with van der Waals surface area (Å²) in [5.74, 6) is -0.267. The van der Waals surface area contributed by atoms with Crippen LogP contribution in [0, 0.1) is 13.8 Å². The lowest BCUT2D eigenvalue weighted by Crippen LogP contribution is -2.34. The van der Waals surface area contributed by atoms with Crippen molar-refractivity contribution in [1.29, 1.82) is 0 Å². The number of ether oxygens (including phenoxy) is 2. The van der Waals surface area contributed by atoms with Crippen LogP contribution in [0.15, 0.2) is 29.5 Å². The molecule has 1 aromatic carbocycles. The maximum Gasteiger partial charge on any atom is 0.290 e. The lowest BCUT2D eigenvalue weighted by atomic mass is 9.94. The van der Waals surface area contributed by atoms with Crippen molar-refractivity contribution in [3.05, 3.63) is 50.7 Å². The van der Waals surface area contributed by atoms with E-state index in [-0.39, 0.29) is 11.4 Å². The highest BCUT2D eigenvalue weighted by molar-refractivity contribution is 7.14. The second kappa shape index (κ2) is 12.4. The number of aliphatic hydroxyl groups is 1. The summed E-state index contributed by atoms with van der Waals surface area (Å²) < 4.78 is 11.5. The van der Waals surface area contributed by atoms with Gasteiger partial charge in [-0.05, 0) is 71.4 Å². The third-order valence-electron chi connectivity index (χ3n) is 6.31. The zero-order chi connectivity index (χ0) is 26.4. The van der Waals surface area contributed by atoms with Crippen LogP contribution in [0.4, 0.5) is 0 Å². The lowest BCUT2D eigenvalue weighted by Gasteiger charge is -2.28. The van der Waals surface area contributed by atoms with E-state index in [1.807, 2.05) is 26.8 Å². The Morgan fingerprint density at radius 2 is 1.78 bits per heavy atom. The zero-order valence-corrected chi connectivity index (χ0v) is 22.9. The summed E-state index contributed by atoms with van der Waals surface area (Å²) in [5.41, 5.74) is 1.36. The molecule has 2 aromatic rings. The van der Waals surface area contributed by atoms with E-state index < -0.39 is 17.7 Å². The minimum Gasteiger partial charge on any atom is -0.503 e. The molecule has 9 heteroatoms. The average Bonchev–Trinajstić information content (AvgIpc) is 3.33. The maximum atomic E-state index is 13.7. The first-order chi connectivity index (χ1) is 17.3. The number of aryl methyl sites for hydroxylation is 2. The quantitative estimate of drug-likeness (QED) is 0.381. The van der Waals surface area contributed by atoms with Crippen molar-refractivity contribution in [2.24, 2.45) is 0 Å². The standard InChI is InChI=1S/C27H37N3O5S/c1-7-29(8-2)14-11-15-30-23(19-12-13-20(34-9-3)21(16-19)35-10-4)22(25(32)27(30)33)24(31)26-17(5)28-18(6)36-26/h12-13,16,23,32H,7-11,14-15H2,1-6H3. The fraction of sp³-hybridized carbons (Fsp3) is 0.519. The largest absolute Gasteiger partial charge is 0.503 e. The molecule has 2 heterocycles. The van der Waals surface area contributed by atoms with Gasteiger partial charge in [-0.2, -0.15) is 0 Å². The highest BCUT2D eigenvalue weighted by Gasteiger charge is 2.44. The summed E-state index contributed by atoms with van der Waals surface area (Å²) in [6.45, 7) is 15.6. The molecule has 36 heavy (non-hydrogen) atoms. The van der Waals surface area contributed by atoms with Crippen molar-refractivity contribution in [2.45, 2.75) is 54.0 Å². The number of Topliss-reactive ketones (excluding diaryl/α,β-unsaturated/α-hetero) is 1. The number of rotatable bonds is 13. The predicted octanol–water partition coefficient (Wildman–Crippen LogP) is 4.87. The highest BCUT2D eigenvalue weighted by atomic mass is 32.1. The van der Waals surface area contributed by atoms with Gasteiger partial charge in [0.1, 0.15) is 0 Å². The van der Waals surface area contributed by atoms with Crippen LogP contribution < -0.4 is 9.47 Å². The van der Waals surface area contributed by atoms with Crippen LogP contribution in [0.3, 0.4) is 0 Å². The van der Waals surface area contributed by atoms with Crippen LogP contribution in [-0.4, -0.2) is 71.0 Å². The van der Waals surface area contributed by atoms with Gasteiger partial charge in [0.25, 0.3) is 5.91 Å². The average molecular weight is 516 g/mol. The molecule has 0 fully saturated rings. The van der Waals surface area contributed by atoms with Gasteiger partial charge in [-0.1, -0.05) is 19.9 Å². The molecule has 1 amide bonds. The van der Waals surface area contributed by atoms with Crippen molar-refractivity contribution < 1.29 is 24.2 Å². The molecular formula is C27H37N3O5S. The SMILES string of the molecule is CCOc1ccc(C2C(C(=O)c3sc(C)nc3C)=C(O)C(=O)N2CCCN(CC)CC)cc1OCC. The van der Waals surface area contributed by atoms with Gasteiger partial charge >= 0.3 is 0 Å². The molecule has 0 aliphatic carbocycles. The Morgan fingerprint density at radius 1 is 1.11 bits per heavy atom. The van der Waals surface area contributed by atoms with Gasteiger partial charge in [0.15, 0.2) is 17.3 Å². The molecule has 1 unspecified atom stereocenters. The Morgan fingerprint density at radius 3 is 2.36 bits per heavy atom. The maximum absolute atomic E-state index is 13.7. The molecule has 8 nitrogen and oxygen atoms in total. The first-order valence-electron chi connectivity index (χ1n) is 12.6. The van der Waals surface area contributed by atoms with Gasteiger partial charge in [0, 0.05) is 6.54 Å². The zero-order valence-electron chi connectivity index (χ0n) is 22.1. The second-order valence-corrected chi connectivity index (χ2v) is 9.80. The molecule has 1 aliphatic rings. The lowest BCUT2D eigenvalue weighted by molar-refractivity contribution is -0.129. The number of ketones is 1. The molecule has 0 radical (unpaired) electrons. The molecule has 0 spiro atoms. The highest BCUT2D eigenvalue weighted by Crippen LogP contribution is 2.42. The summed E-state index contributed by atoms with van der Waals surface area (Å²) >= 11 is 1.27. The number of carbonyl (C=O) groups is 2. The minimum absolute atomic E-state index is 0.0844. The van der Waals surface area contributed by atoms with Crippen LogP contribution in [0.2, 0.25) is 0 Å². The van der Waals surface area contributed by atoms with Crippen molar-refractivity contribution in [2.75, 3.05) is 39.4 Å². The topological polar surface area (TPSA) is 92.2 Å². The van der Waals surface area contributed by atoms with Crippen molar-refractivity contribution in [1.82, 2.24) is 14.8 Å². The van der Waals surface area contributed by atoms with Gasteiger partial charge in [0.2, 0.25) is 5.78 Å². The van der Waals surface area contributed by atoms with Gasteiger partial charge in [-0.15, -0.1) is 11.3 Å². The third kappa shape index (κ3) is 5.73. The molecule has 1 N–H and O–H groups in total. The number of nitrogens with zero attached hydrogens (tertiary/aromatic N) is 3. The summed E-state index contributed by atoms with van der Waals surface area (Å²) in [5, 5.41) is 11.7. The third-order valence-corrected chi connectivity index (χ3v) is 7.38. The Hall–Kier alpha value is -2.91. The Kier molecular flexibility index (Phi) is 9.50. The number of hydrogen-bond donors (Lipinski definition) is 1. The Bertz CT molecular complexity index is 1120. The molecule has 0 bridgehead atoms. The molecule has 0 saturated heterocycles. The number of amides is 1. The van der Waals surface area contributed by atoms with Crippen LogP contribution in [0.5, 0.6) is 11.5 Å². The van der Waals surface area contributed by atoms with Crippen LogP contribution in [0.25, 0.3) is 0 Å². The Balaban J connectivity index is 2.06. The van der Waals surface area contributed by atoms with Gasteiger partial charge in [0.05, 0.1) is 40.4 Å². The van der Waals surface area contributed by atoms with E-state index in [1.54, 1.807) is 24.0 Å². The normalized spacial score (nSPS) is 15.8. The van der Waals surface area contributed by atoms with Gasteiger partial charge < -0.3 is 24.4 Å². The summed E-state index contributed by atoms with van der Waals surface area (Å²) in [4.78, 5) is 35.7. The molecular weight excluding hydrogens is 478 g/mol. The smallest absolute Gasteiger partial charge is 0.290 e. The molecule has 196 valence electrons.